The predicted molar refractivity (Wildman–Crippen MR) is 70.8 cm³/mol. The van der Waals surface area contributed by atoms with Gasteiger partial charge in [0.2, 0.25) is 0 Å². The summed E-state index contributed by atoms with van der Waals surface area (Å²) in [4.78, 5) is 2.33. The molecule has 2 nitrogen and oxygen atoms in total. The smallest absolute Gasteiger partial charge is 0.194 e. The Balaban J connectivity index is 1.94. The maximum Gasteiger partial charge on any atom is 0.194 e. The Kier molecular flexibility index (Phi) is 3.73. The number of nitrogens with one attached hydrogen (secondary N) is 1. The van der Waals surface area contributed by atoms with E-state index in [2.05, 4.69) is 10.2 Å². The zero-order chi connectivity index (χ0) is 14.3. The van der Waals surface area contributed by atoms with Crippen LogP contribution in [0.3, 0.4) is 0 Å². The molecule has 0 aromatic heterocycles. The summed E-state index contributed by atoms with van der Waals surface area (Å²) in [6, 6.07) is 2.83. The van der Waals surface area contributed by atoms with Gasteiger partial charge < -0.3 is 5.32 Å². The molecule has 1 N–H and O–H groups in total. The predicted octanol–water partition coefficient (Wildman–Crippen LogP) is 2.85. The lowest BCUT2D eigenvalue weighted by Gasteiger charge is -2.29. The third-order valence-corrected chi connectivity index (χ3v) is 4.39. The minimum atomic E-state index is -1.38. The molecular formula is C15H19F3N2. The van der Waals surface area contributed by atoms with E-state index >= 15 is 0 Å². The van der Waals surface area contributed by atoms with Gasteiger partial charge in [-0.15, -0.1) is 0 Å². The van der Waals surface area contributed by atoms with Crippen molar-refractivity contribution >= 4 is 0 Å². The number of benzene rings is 1. The van der Waals surface area contributed by atoms with Gasteiger partial charge in [-0.3, -0.25) is 4.90 Å². The van der Waals surface area contributed by atoms with Crippen LogP contribution in [0.1, 0.15) is 30.9 Å². The number of hydrogen-bond acceptors (Lipinski definition) is 2. The van der Waals surface area contributed by atoms with E-state index < -0.39 is 17.5 Å². The van der Waals surface area contributed by atoms with E-state index in [-0.39, 0.29) is 6.04 Å². The van der Waals surface area contributed by atoms with Crippen molar-refractivity contribution in [3.05, 3.63) is 35.1 Å². The summed E-state index contributed by atoms with van der Waals surface area (Å²) in [5, 5.41) is 3.14. The van der Waals surface area contributed by atoms with Crippen LogP contribution in [0, 0.1) is 23.4 Å². The van der Waals surface area contributed by atoms with E-state index in [1.54, 1.807) is 0 Å². The molecule has 1 heterocycles. The van der Waals surface area contributed by atoms with Gasteiger partial charge in [0.25, 0.3) is 0 Å². The summed E-state index contributed by atoms with van der Waals surface area (Å²) < 4.78 is 40.1. The zero-order valence-corrected chi connectivity index (χ0v) is 11.5. The van der Waals surface area contributed by atoms with Gasteiger partial charge in [0.15, 0.2) is 17.5 Å². The Bertz CT molecular complexity index is 479. The molecule has 2 aliphatic rings. The second-order valence-electron chi connectivity index (χ2n) is 5.82. The van der Waals surface area contributed by atoms with Gasteiger partial charge in [-0.1, -0.05) is 0 Å². The molecular weight excluding hydrogens is 265 g/mol. The third-order valence-electron chi connectivity index (χ3n) is 4.39. The maximum absolute atomic E-state index is 13.5. The Morgan fingerprint density at radius 3 is 2.35 bits per heavy atom. The summed E-state index contributed by atoms with van der Waals surface area (Å²) in [6.45, 7) is 1.75. The highest BCUT2D eigenvalue weighted by Crippen LogP contribution is 2.44. The summed E-state index contributed by atoms with van der Waals surface area (Å²) in [7, 11) is 1.88. The lowest BCUT2D eigenvalue weighted by Crippen LogP contribution is -2.31. The van der Waals surface area contributed by atoms with Crippen molar-refractivity contribution in [2.45, 2.75) is 31.3 Å². The Labute approximate surface area is 117 Å². The molecule has 1 aromatic carbocycles. The normalized spacial score (nSPS) is 27.2. The van der Waals surface area contributed by atoms with Crippen LogP contribution in [0.2, 0.25) is 0 Å². The topological polar surface area (TPSA) is 15.3 Å². The zero-order valence-electron chi connectivity index (χ0n) is 11.5. The Hall–Kier alpha value is -1.07. The van der Waals surface area contributed by atoms with Crippen LogP contribution in [0.15, 0.2) is 12.1 Å². The van der Waals surface area contributed by atoms with E-state index in [1.165, 1.54) is 0 Å². The van der Waals surface area contributed by atoms with E-state index in [0.29, 0.717) is 17.5 Å². The average molecular weight is 284 g/mol. The Morgan fingerprint density at radius 2 is 1.80 bits per heavy atom. The van der Waals surface area contributed by atoms with E-state index in [9.17, 15) is 13.2 Å². The molecule has 20 heavy (non-hydrogen) atoms. The number of nitrogens with zero attached hydrogens (tertiary/aromatic N) is 1. The molecule has 2 fully saturated rings. The van der Waals surface area contributed by atoms with Gasteiger partial charge in [-0.2, -0.15) is 0 Å². The molecule has 5 heteroatoms. The molecule has 1 saturated carbocycles. The van der Waals surface area contributed by atoms with Gasteiger partial charge in [0, 0.05) is 12.1 Å². The molecule has 0 bridgehead atoms. The molecule has 0 radical (unpaired) electrons. The van der Waals surface area contributed by atoms with Gasteiger partial charge in [-0.05, 0) is 63.0 Å². The van der Waals surface area contributed by atoms with Crippen LogP contribution in [0.4, 0.5) is 13.2 Å². The van der Waals surface area contributed by atoms with Crippen LogP contribution in [-0.4, -0.2) is 31.1 Å². The minimum Gasteiger partial charge on any atom is -0.319 e. The van der Waals surface area contributed by atoms with Crippen molar-refractivity contribution in [3.8, 4) is 0 Å². The molecule has 3 rings (SSSR count). The lowest BCUT2D eigenvalue weighted by molar-refractivity contribution is 0.216. The van der Waals surface area contributed by atoms with Crippen molar-refractivity contribution < 1.29 is 13.2 Å². The monoisotopic (exact) mass is 284 g/mol. The van der Waals surface area contributed by atoms with Crippen molar-refractivity contribution in [1.29, 1.82) is 0 Å². The van der Waals surface area contributed by atoms with E-state index in [1.807, 2.05) is 7.05 Å². The van der Waals surface area contributed by atoms with Crippen LogP contribution in [0.5, 0.6) is 0 Å². The molecule has 1 aliphatic heterocycles. The molecule has 2 atom stereocenters. The molecule has 1 aliphatic carbocycles. The van der Waals surface area contributed by atoms with Gasteiger partial charge >= 0.3 is 0 Å². The van der Waals surface area contributed by atoms with Crippen LogP contribution in [-0.2, 0) is 0 Å². The minimum absolute atomic E-state index is 0.0143. The van der Waals surface area contributed by atoms with Crippen LogP contribution >= 0.6 is 0 Å². The van der Waals surface area contributed by atoms with Crippen molar-refractivity contribution in [2.24, 2.45) is 5.92 Å². The second kappa shape index (κ2) is 5.37. The summed E-state index contributed by atoms with van der Waals surface area (Å²) >= 11 is 0. The lowest BCUT2D eigenvalue weighted by atomic mass is 9.93. The van der Waals surface area contributed by atoms with Crippen molar-refractivity contribution in [2.75, 3.05) is 20.1 Å². The third kappa shape index (κ3) is 2.44. The van der Waals surface area contributed by atoms with E-state index in [0.717, 1.165) is 44.5 Å². The molecule has 0 amide bonds. The van der Waals surface area contributed by atoms with Crippen molar-refractivity contribution in [3.63, 3.8) is 0 Å². The Morgan fingerprint density at radius 1 is 1.15 bits per heavy atom. The van der Waals surface area contributed by atoms with Crippen molar-refractivity contribution in [1.82, 2.24) is 10.2 Å². The maximum atomic E-state index is 13.5. The van der Waals surface area contributed by atoms with Gasteiger partial charge in [0.1, 0.15) is 0 Å². The van der Waals surface area contributed by atoms with E-state index in [4.69, 9.17) is 0 Å². The summed E-state index contributed by atoms with van der Waals surface area (Å²) in [5.41, 5.74) is 0.561. The number of rotatable bonds is 4. The van der Waals surface area contributed by atoms with Gasteiger partial charge in [0.05, 0.1) is 0 Å². The molecule has 1 saturated heterocycles. The highest BCUT2D eigenvalue weighted by molar-refractivity contribution is 5.25. The molecule has 2 unspecified atom stereocenters. The second-order valence-corrected chi connectivity index (χ2v) is 5.82. The largest absolute Gasteiger partial charge is 0.319 e. The number of halogens is 3. The highest BCUT2D eigenvalue weighted by atomic mass is 19.2. The average Bonchev–Trinajstić information content (AvgIpc) is 3.17. The summed E-state index contributed by atoms with van der Waals surface area (Å²) in [5.74, 6) is -3.25. The first-order chi connectivity index (χ1) is 9.61. The molecule has 0 spiro atoms. The molecule has 110 valence electrons. The fourth-order valence-electron chi connectivity index (χ4n) is 3.38. The first-order valence-corrected chi connectivity index (χ1v) is 7.16. The first kappa shape index (κ1) is 13.9. The standard InChI is InChI=1S/C15H19F3N2/c1-19-8-9-4-5-20(11-2-3-11)15(9)10-6-12(16)14(18)13(17)7-10/h6-7,9,11,15,19H,2-5,8H2,1H3. The van der Waals surface area contributed by atoms with Gasteiger partial charge in [-0.25, -0.2) is 13.2 Å². The SMILES string of the molecule is CNCC1CCN(C2CC2)C1c1cc(F)c(F)c(F)c1. The molecule has 1 aromatic rings. The first-order valence-electron chi connectivity index (χ1n) is 7.16. The number of hydrogen-bond donors (Lipinski definition) is 1. The van der Waals surface area contributed by atoms with Crippen LogP contribution < -0.4 is 5.32 Å². The fraction of sp³-hybridized carbons (Fsp3) is 0.600. The fourth-order valence-corrected chi connectivity index (χ4v) is 3.38. The highest BCUT2D eigenvalue weighted by Gasteiger charge is 2.42. The number of likely N-dealkylation sites (tertiary alicyclic amines) is 1. The summed E-state index contributed by atoms with van der Waals surface area (Å²) in [6.07, 6.45) is 3.30. The quantitative estimate of drug-likeness (QED) is 0.855. The van der Waals surface area contributed by atoms with Crippen LogP contribution in [0.25, 0.3) is 0 Å².